The van der Waals surface area contributed by atoms with E-state index in [4.69, 9.17) is 10.5 Å². The first-order chi connectivity index (χ1) is 7.00. The van der Waals surface area contributed by atoms with Crippen LogP contribution in [0.3, 0.4) is 0 Å². The van der Waals surface area contributed by atoms with Crippen molar-refractivity contribution in [1.82, 2.24) is 0 Å². The van der Waals surface area contributed by atoms with E-state index in [1.54, 1.807) is 7.11 Å². The van der Waals surface area contributed by atoms with Gasteiger partial charge in [-0.2, -0.15) is 0 Å². The molecule has 1 fully saturated rings. The summed E-state index contributed by atoms with van der Waals surface area (Å²) >= 11 is 0. The Morgan fingerprint density at radius 3 is 2.40 bits per heavy atom. The molecule has 15 heavy (non-hydrogen) atoms. The fourth-order valence-electron chi connectivity index (χ4n) is 2.46. The molecule has 0 unspecified atom stereocenters. The molecule has 2 rings (SSSR count). The van der Waals surface area contributed by atoms with Crippen molar-refractivity contribution in [3.8, 4) is 5.75 Å². The Labute approximate surface area is 91.4 Å². The molecule has 1 saturated carbocycles. The average Bonchev–Trinajstić information content (AvgIpc) is 2.66. The van der Waals surface area contributed by atoms with Crippen molar-refractivity contribution < 1.29 is 4.74 Å². The predicted octanol–water partition coefficient (Wildman–Crippen LogP) is 2.45. The van der Waals surface area contributed by atoms with Gasteiger partial charge in [0.1, 0.15) is 5.75 Å². The minimum Gasteiger partial charge on any atom is -0.496 e. The molecule has 0 saturated heterocycles. The predicted molar refractivity (Wildman–Crippen MR) is 62.2 cm³/mol. The van der Waals surface area contributed by atoms with Crippen LogP contribution in [0.25, 0.3) is 0 Å². The molecule has 0 aromatic heterocycles. The van der Waals surface area contributed by atoms with Gasteiger partial charge in [-0.05, 0) is 24.0 Å². The Morgan fingerprint density at radius 2 is 1.93 bits per heavy atom. The van der Waals surface area contributed by atoms with Crippen LogP contribution in [0.5, 0.6) is 5.75 Å². The van der Waals surface area contributed by atoms with Gasteiger partial charge in [-0.25, -0.2) is 0 Å². The molecule has 2 atom stereocenters. The van der Waals surface area contributed by atoms with Crippen molar-refractivity contribution in [2.75, 3.05) is 7.11 Å². The lowest BCUT2D eigenvalue weighted by molar-refractivity contribution is 0.407. The highest BCUT2D eigenvalue weighted by molar-refractivity contribution is 5.48. The van der Waals surface area contributed by atoms with E-state index in [-0.39, 0.29) is 11.5 Å². The Hall–Kier alpha value is -1.02. The molecule has 0 aliphatic heterocycles. The summed E-state index contributed by atoms with van der Waals surface area (Å²) in [4.78, 5) is 0. The summed E-state index contributed by atoms with van der Waals surface area (Å²) in [6, 6.07) is 6.42. The first kappa shape index (κ1) is 10.5. The lowest BCUT2D eigenvalue weighted by Crippen LogP contribution is -2.06. The number of hydrogen-bond donors (Lipinski definition) is 1. The van der Waals surface area contributed by atoms with Crippen molar-refractivity contribution in [2.45, 2.75) is 32.7 Å². The van der Waals surface area contributed by atoms with Crippen LogP contribution in [0, 0.1) is 12.3 Å². The fourth-order valence-corrected chi connectivity index (χ4v) is 2.46. The molecule has 0 heterocycles. The summed E-state index contributed by atoms with van der Waals surface area (Å²) in [7, 11) is 1.72. The van der Waals surface area contributed by atoms with E-state index in [0.717, 1.165) is 5.75 Å². The number of nitrogens with two attached hydrogens (primary N) is 1. The molecule has 2 heteroatoms. The highest BCUT2D eigenvalue weighted by Gasteiger charge is 2.57. The van der Waals surface area contributed by atoms with E-state index in [1.807, 2.05) is 12.1 Å². The molecule has 2 nitrogen and oxygen atoms in total. The van der Waals surface area contributed by atoms with Crippen molar-refractivity contribution in [1.29, 1.82) is 0 Å². The lowest BCUT2D eigenvalue weighted by Gasteiger charge is -2.12. The van der Waals surface area contributed by atoms with Gasteiger partial charge in [-0.3, -0.25) is 0 Å². The Morgan fingerprint density at radius 1 is 1.33 bits per heavy atom. The van der Waals surface area contributed by atoms with Crippen LogP contribution in [0.15, 0.2) is 18.2 Å². The molecule has 82 valence electrons. The van der Waals surface area contributed by atoms with Gasteiger partial charge in [-0.15, -0.1) is 0 Å². The molecule has 2 N–H and O–H groups in total. The first-order valence-corrected chi connectivity index (χ1v) is 5.39. The smallest absolute Gasteiger partial charge is 0.122 e. The minimum absolute atomic E-state index is 0.208. The largest absolute Gasteiger partial charge is 0.496 e. The van der Waals surface area contributed by atoms with Gasteiger partial charge in [-0.1, -0.05) is 26.0 Å². The summed E-state index contributed by atoms with van der Waals surface area (Å²) in [5.74, 6) is 1.41. The second-order valence-electron chi connectivity index (χ2n) is 5.02. The topological polar surface area (TPSA) is 35.2 Å². The molecular formula is C13H19NO. The van der Waals surface area contributed by atoms with Gasteiger partial charge < -0.3 is 10.5 Å². The van der Waals surface area contributed by atoms with Crippen LogP contribution in [0.1, 0.15) is 30.9 Å². The van der Waals surface area contributed by atoms with Crippen LogP contribution in [0.4, 0.5) is 0 Å². The van der Waals surface area contributed by atoms with Gasteiger partial charge in [0.2, 0.25) is 0 Å². The van der Waals surface area contributed by atoms with Crippen molar-refractivity contribution in [2.24, 2.45) is 11.1 Å². The summed E-state index contributed by atoms with van der Waals surface area (Å²) in [5.41, 5.74) is 8.89. The molecule has 1 aromatic rings. The fraction of sp³-hybridized carbons (Fsp3) is 0.538. The van der Waals surface area contributed by atoms with Crippen molar-refractivity contribution in [3.63, 3.8) is 0 Å². The third kappa shape index (κ3) is 1.44. The van der Waals surface area contributed by atoms with Crippen LogP contribution in [-0.4, -0.2) is 13.2 Å². The van der Waals surface area contributed by atoms with E-state index in [0.29, 0.717) is 5.92 Å². The molecule has 1 aliphatic rings. The maximum Gasteiger partial charge on any atom is 0.122 e. The second-order valence-corrected chi connectivity index (χ2v) is 5.02. The van der Waals surface area contributed by atoms with Gasteiger partial charge in [0.25, 0.3) is 0 Å². The molecule has 1 aliphatic carbocycles. The number of benzene rings is 1. The van der Waals surface area contributed by atoms with Gasteiger partial charge in [0.15, 0.2) is 0 Å². The van der Waals surface area contributed by atoms with Crippen molar-refractivity contribution >= 4 is 0 Å². The Balaban J connectivity index is 2.45. The molecule has 0 bridgehead atoms. The molecular weight excluding hydrogens is 186 g/mol. The van der Waals surface area contributed by atoms with Crippen LogP contribution >= 0.6 is 0 Å². The molecule has 0 spiro atoms. The summed E-state index contributed by atoms with van der Waals surface area (Å²) in [5, 5.41) is 0. The third-order valence-corrected chi connectivity index (χ3v) is 3.73. The standard InChI is InChI=1S/C13H19NO/c1-8-6-5-7-9(15-4)10(8)11-12(14)13(11,2)3/h5-7,11-12H,14H2,1-4H3/t11-,12-/m0/s1. The van der Waals surface area contributed by atoms with Crippen LogP contribution in [-0.2, 0) is 0 Å². The monoisotopic (exact) mass is 205 g/mol. The van der Waals surface area contributed by atoms with E-state index in [2.05, 4.69) is 26.8 Å². The van der Waals surface area contributed by atoms with E-state index in [1.165, 1.54) is 11.1 Å². The number of aryl methyl sites for hydroxylation is 1. The normalized spacial score (nSPS) is 27.5. The highest BCUT2D eigenvalue weighted by atomic mass is 16.5. The first-order valence-electron chi connectivity index (χ1n) is 5.39. The number of methoxy groups -OCH3 is 1. The maximum atomic E-state index is 6.11. The Kier molecular flexibility index (Phi) is 2.27. The van der Waals surface area contributed by atoms with E-state index >= 15 is 0 Å². The van der Waals surface area contributed by atoms with Gasteiger partial charge in [0.05, 0.1) is 7.11 Å². The minimum atomic E-state index is 0.208. The maximum absolute atomic E-state index is 6.11. The number of hydrogen-bond acceptors (Lipinski definition) is 2. The zero-order valence-electron chi connectivity index (χ0n) is 9.87. The average molecular weight is 205 g/mol. The third-order valence-electron chi connectivity index (χ3n) is 3.73. The van der Waals surface area contributed by atoms with E-state index in [9.17, 15) is 0 Å². The number of rotatable bonds is 2. The zero-order chi connectivity index (χ0) is 11.2. The molecule has 0 amide bonds. The lowest BCUT2D eigenvalue weighted by atomic mass is 9.98. The molecule has 1 aromatic carbocycles. The van der Waals surface area contributed by atoms with Gasteiger partial charge in [0, 0.05) is 17.5 Å². The number of ether oxygens (including phenoxy) is 1. The summed E-state index contributed by atoms with van der Waals surface area (Å²) < 4.78 is 5.41. The van der Waals surface area contributed by atoms with Gasteiger partial charge >= 0.3 is 0 Å². The SMILES string of the molecule is COc1cccc(C)c1[C@H]1[C@H](N)C1(C)C. The summed E-state index contributed by atoms with van der Waals surface area (Å²) in [6.07, 6.45) is 0. The van der Waals surface area contributed by atoms with E-state index < -0.39 is 0 Å². The summed E-state index contributed by atoms with van der Waals surface area (Å²) in [6.45, 7) is 6.56. The zero-order valence-corrected chi connectivity index (χ0v) is 9.87. The Bertz CT molecular complexity index is 384. The highest BCUT2D eigenvalue weighted by Crippen LogP contribution is 2.59. The molecule has 0 radical (unpaired) electrons. The quantitative estimate of drug-likeness (QED) is 0.805. The van der Waals surface area contributed by atoms with Crippen LogP contribution < -0.4 is 10.5 Å². The second kappa shape index (κ2) is 3.24. The van der Waals surface area contributed by atoms with Crippen molar-refractivity contribution in [3.05, 3.63) is 29.3 Å². The van der Waals surface area contributed by atoms with Crippen LogP contribution in [0.2, 0.25) is 0 Å².